The maximum absolute atomic E-state index is 12.6. The number of halogens is 1. The fourth-order valence-corrected chi connectivity index (χ4v) is 5.52. The summed E-state index contributed by atoms with van der Waals surface area (Å²) in [5.74, 6) is -0.678. The van der Waals surface area contributed by atoms with Gasteiger partial charge in [0, 0.05) is 13.1 Å². The number of carbonyl (C=O) groups excluding carboxylic acids is 2. The molecule has 0 spiro atoms. The van der Waals surface area contributed by atoms with Gasteiger partial charge in [0.25, 0.3) is 15.9 Å². The van der Waals surface area contributed by atoms with E-state index < -0.39 is 27.6 Å². The van der Waals surface area contributed by atoms with Gasteiger partial charge in [0.15, 0.2) is 0 Å². The van der Waals surface area contributed by atoms with E-state index >= 15 is 0 Å². The molecule has 0 aliphatic carbocycles. The summed E-state index contributed by atoms with van der Waals surface area (Å²) in [5, 5.41) is 6.94. The molecule has 2 N–H and O–H groups in total. The van der Waals surface area contributed by atoms with Crippen LogP contribution < -0.4 is 10.0 Å². The summed E-state index contributed by atoms with van der Waals surface area (Å²) in [5.41, 5.74) is 0.246. The van der Waals surface area contributed by atoms with Gasteiger partial charge in [0.1, 0.15) is 9.81 Å². The number of amides is 2. The number of aryl methyl sites for hydroxylation is 1. The lowest BCUT2D eigenvalue weighted by molar-refractivity contribution is 0.0516. The molecule has 0 fully saturated rings. The van der Waals surface area contributed by atoms with E-state index in [1.54, 1.807) is 25.5 Å². The number of nitrogens with zero attached hydrogens (tertiary/aromatic N) is 2. The second-order valence-electron chi connectivity index (χ2n) is 7.96. The second kappa shape index (κ2) is 8.56. The SMILES string of the molecule is CC(C)(C)OC(=O)NCC1CCn2ncc(C(=O)NS(=O)(=O)c3ccc(Cl)s3)c2C1. The number of fused-ring (bicyclic) bond motifs is 1. The molecule has 0 saturated heterocycles. The molecule has 164 valence electrons. The summed E-state index contributed by atoms with van der Waals surface area (Å²) < 4.78 is 34.1. The van der Waals surface area contributed by atoms with Crippen LogP contribution in [0.3, 0.4) is 0 Å². The van der Waals surface area contributed by atoms with Crippen molar-refractivity contribution in [1.29, 1.82) is 0 Å². The number of carbonyl (C=O) groups is 2. The molecule has 3 rings (SSSR count). The summed E-state index contributed by atoms with van der Waals surface area (Å²) in [6, 6.07) is 2.80. The molecule has 3 heterocycles. The Bertz CT molecular complexity index is 1060. The molecule has 2 aromatic heterocycles. The van der Waals surface area contributed by atoms with Crippen LogP contribution in [0.15, 0.2) is 22.5 Å². The standard InChI is InChI=1S/C18H23ClN4O5S2/c1-18(2,3)28-17(25)20-9-11-6-7-23-13(8-11)12(10-21-23)16(24)22-30(26,27)15-5-4-14(19)29-15/h4-5,10-11H,6-9H2,1-3H3,(H,20,25)(H,22,24). The minimum absolute atomic E-state index is 0.0404. The lowest BCUT2D eigenvalue weighted by Gasteiger charge is -2.25. The van der Waals surface area contributed by atoms with Gasteiger partial charge in [-0.1, -0.05) is 11.6 Å². The highest BCUT2D eigenvalue weighted by atomic mass is 35.5. The molecule has 1 atom stereocenters. The van der Waals surface area contributed by atoms with Crippen LogP contribution >= 0.6 is 22.9 Å². The molecule has 0 radical (unpaired) electrons. The number of ether oxygens (including phenoxy) is 1. The zero-order valence-corrected chi connectivity index (χ0v) is 19.2. The molecule has 2 amide bonds. The quantitative estimate of drug-likeness (QED) is 0.687. The number of thiophene rings is 1. The average Bonchev–Trinajstić information content (AvgIpc) is 3.24. The Morgan fingerprint density at radius 3 is 2.73 bits per heavy atom. The third-order valence-corrected chi connectivity index (χ3v) is 7.45. The first-order valence-corrected chi connectivity index (χ1v) is 12.0. The van der Waals surface area contributed by atoms with Crippen molar-refractivity contribution in [3.05, 3.63) is 33.9 Å². The van der Waals surface area contributed by atoms with E-state index in [-0.39, 0.29) is 15.7 Å². The normalized spacial score (nSPS) is 16.6. The topological polar surface area (TPSA) is 119 Å². The lowest BCUT2D eigenvalue weighted by atomic mass is 9.94. The number of rotatable bonds is 5. The third-order valence-electron chi connectivity index (χ3n) is 4.40. The molecule has 30 heavy (non-hydrogen) atoms. The molecule has 1 aliphatic rings. The Kier molecular flexibility index (Phi) is 6.44. The van der Waals surface area contributed by atoms with E-state index in [4.69, 9.17) is 16.3 Å². The molecular weight excluding hydrogens is 452 g/mol. The summed E-state index contributed by atoms with van der Waals surface area (Å²) in [6.45, 7) is 6.31. The Hall–Kier alpha value is -2.11. The summed E-state index contributed by atoms with van der Waals surface area (Å²) in [4.78, 5) is 24.5. The maximum atomic E-state index is 12.6. The number of hydrogen-bond donors (Lipinski definition) is 2. The Labute approximate surface area is 183 Å². The molecule has 2 aromatic rings. The maximum Gasteiger partial charge on any atom is 0.407 e. The van der Waals surface area contributed by atoms with E-state index in [1.165, 1.54) is 18.3 Å². The Balaban J connectivity index is 1.66. The van der Waals surface area contributed by atoms with Crippen LogP contribution in [0.5, 0.6) is 0 Å². The van der Waals surface area contributed by atoms with Gasteiger partial charge >= 0.3 is 6.09 Å². The lowest BCUT2D eigenvalue weighted by Crippen LogP contribution is -2.37. The van der Waals surface area contributed by atoms with E-state index in [0.717, 1.165) is 17.8 Å². The molecular formula is C18H23ClN4O5S2. The number of aromatic nitrogens is 2. The van der Waals surface area contributed by atoms with Gasteiger partial charge in [-0.25, -0.2) is 17.9 Å². The minimum atomic E-state index is -4.02. The number of hydrogen-bond acceptors (Lipinski definition) is 7. The van der Waals surface area contributed by atoms with Gasteiger partial charge in [-0.05, 0) is 51.7 Å². The first-order chi connectivity index (χ1) is 13.9. The number of sulfonamides is 1. The predicted octanol–water partition coefficient (Wildman–Crippen LogP) is 2.80. The van der Waals surface area contributed by atoms with E-state index in [0.29, 0.717) is 29.5 Å². The van der Waals surface area contributed by atoms with Gasteiger partial charge < -0.3 is 10.1 Å². The summed E-state index contributed by atoms with van der Waals surface area (Å²) >= 11 is 6.66. The van der Waals surface area contributed by atoms with Crippen molar-refractivity contribution in [2.45, 2.75) is 50.0 Å². The largest absolute Gasteiger partial charge is 0.444 e. The molecule has 12 heteroatoms. The van der Waals surface area contributed by atoms with E-state index in [2.05, 4.69) is 15.1 Å². The molecule has 1 unspecified atom stereocenters. The monoisotopic (exact) mass is 474 g/mol. The Morgan fingerprint density at radius 2 is 2.10 bits per heavy atom. The average molecular weight is 475 g/mol. The highest BCUT2D eigenvalue weighted by Gasteiger charge is 2.28. The molecule has 0 bridgehead atoms. The van der Waals surface area contributed by atoms with Crippen LogP contribution in [-0.2, 0) is 27.7 Å². The highest BCUT2D eigenvalue weighted by Crippen LogP contribution is 2.26. The van der Waals surface area contributed by atoms with Gasteiger partial charge in [0.2, 0.25) is 0 Å². The van der Waals surface area contributed by atoms with Gasteiger partial charge in [-0.2, -0.15) is 5.10 Å². The van der Waals surface area contributed by atoms with E-state index in [1.807, 2.05) is 0 Å². The first-order valence-electron chi connectivity index (χ1n) is 9.28. The van der Waals surface area contributed by atoms with Gasteiger partial charge in [0.05, 0.1) is 21.8 Å². The number of alkyl carbamates (subject to hydrolysis) is 1. The van der Waals surface area contributed by atoms with Crippen LogP contribution in [0.1, 0.15) is 43.2 Å². The van der Waals surface area contributed by atoms with Crippen molar-refractivity contribution in [2.24, 2.45) is 5.92 Å². The molecule has 1 aliphatic heterocycles. The van der Waals surface area contributed by atoms with Crippen LogP contribution in [-0.4, -0.2) is 42.3 Å². The van der Waals surface area contributed by atoms with Crippen molar-refractivity contribution in [3.8, 4) is 0 Å². The number of nitrogens with one attached hydrogen (secondary N) is 2. The Morgan fingerprint density at radius 1 is 1.37 bits per heavy atom. The molecule has 9 nitrogen and oxygen atoms in total. The molecule has 0 saturated carbocycles. The highest BCUT2D eigenvalue weighted by molar-refractivity contribution is 7.92. The predicted molar refractivity (Wildman–Crippen MR) is 112 cm³/mol. The van der Waals surface area contributed by atoms with Crippen LogP contribution in [0.2, 0.25) is 4.34 Å². The van der Waals surface area contributed by atoms with Crippen LogP contribution in [0, 0.1) is 5.92 Å². The van der Waals surface area contributed by atoms with Crippen molar-refractivity contribution >= 4 is 45.0 Å². The first kappa shape index (κ1) is 22.6. The van der Waals surface area contributed by atoms with Crippen molar-refractivity contribution in [3.63, 3.8) is 0 Å². The zero-order valence-electron chi connectivity index (χ0n) is 16.8. The zero-order chi connectivity index (χ0) is 22.1. The van der Waals surface area contributed by atoms with Crippen molar-refractivity contribution in [1.82, 2.24) is 19.8 Å². The summed E-state index contributed by atoms with van der Waals surface area (Å²) in [6.07, 6.45) is 2.10. The van der Waals surface area contributed by atoms with Gasteiger partial charge in [-0.3, -0.25) is 9.48 Å². The minimum Gasteiger partial charge on any atom is -0.444 e. The van der Waals surface area contributed by atoms with E-state index in [9.17, 15) is 18.0 Å². The smallest absolute Gasteiger partial charge is 0.407 e. The van der Waals surface area contributed by atoms with Gasteiger partial charge in [-0.15, -0.1) is 11.3 Å². The fourth-order valence-electron chi connectivity index (χ4n) is 3.07. The van der Waals surface area contributed by atoms with Crippen molar-refractivity contribution < 1.29 is 22.7 Å². The molecule has 0 aromatic carbocycles. The summed E-state index contributed by atoms with van der Waals surface area (Å²) in [7, 11) is -4.02. The van der Waals surface area contributed by atoms with Crippen LogP contribution in [0.4, 0.5) is 4.79 Å². The fraction of sp³-hybridized carbons (Fsp3) is 0.500. The van der Waals surface area contributed by atoms with Crippen LogP contribution in [0.25, 0.3) is 0 Å². The second-order valence-corrected chi connectivity index (χ2v) is 11.6. The van der Waals surface area contributed by atoms with Crippen molar-refractivity contribution in [2.75, 3.05) is 6.54 Å². The third kappa shape index (κ3) is 5.52.